The van der Waals surface area contributed by atoms with E-state index >= 15 is 0 Å². The van der Waals surface area contributed by atoms with Crippen molar-refractivity contribution in [3.63, 3.8) is 0 Å². The Kier molecular flexibility index (Phi) is 47.4. The minimum absolute atomic E-state index is 0.0889. The Bertz CT molecular complexity index is 1120. The molecule has 0 aliphatic carbocycles. The van der Waals surface area contributed by atoms with Crippen LogP contribution < -0.4 is 0 Å². The third-order valence-corrected chi connectivity index (χ3v) is 11.0. The van der Waals surface area contributed by atoms with Crippen molar-refractivity contribution >= 4 is 17.9 Å². The standard InChI is InChI=1S/C55H96O6/c1-4-7-10-13-16-19-22-25-27-29-30-33-36-39-42-45-48-54(57)60-51-52(50-59-53(56)47-44-41-38-35-32-24-21-18-15-12-9-6-3)61-55(58)49-46-43-40-37-34-31-28-26-23-20-17-14-11-8-5-2/h17-22,26-29,52H,4-16,23-25,30-51H2,1-3H3/b20-17-,21-18-,22-19-,28-26-,29-27-. The lowest BCUT2D eigenvalue weighted by Gasteiger charge is -2.18. The summed E-state index contributed by atoms with van der Waals surface area (Å²) in [6.45, 7) is 6.54. The molecule has 0 aliphatic heterocycles. The van der Waals surface area contributed by atoms with Crippen LogP contribution in [0.25, 0.3) is 0 Å². The lowest BCUT2D eigenvalue weighted by molar-refractivity contribution is -0.167. The van der Waals surface area contributed by atoms with Crippen LogP contribution >= 0.6 is 0 Å². The maximum atomic E-state index is 12.8. The summed E-state index contributed by atoms with van der Waals surface area (Å²) in [6, 6.07) is 0. The number of allylic oxidation sites excluding steroid dienone is 10. The molecule has 6 nitrogen and oxygen atoms in total. The second-order valence-electron chi connectivity index (χ2n) is 17.1. The third kappa shape index (κ3) is 48.0. The second kappa shape index (κ2) is 49.8. The summed E-state index contributed by atoms with van der Waals surface area (Å²) in [5.74, 6) is -0.922. The van der Waals surface area contributed by atoms with E-state index in [9.17, 15) is 14.4 Å². The highest BCUT2D eigenvalue weighted by molar-refractivity contribution is 5.71. The van der Waals surface area contributed by atoms with Crippen molar-refractivity contribution in [2.24, 2.45) is 0 Å². The van der Waals surface area contributed by atoms with Crippen molar-refractivity contribution in [2.45, 2.75) is 258 Å². The minimum atomic E-state index is -0.789. The van der Waals surface area contributed by atoms with Crippen LogP contribution in [0, 0.1) is 0 Å². The molecule has 0 heterocycles. The van der Waals surface area contributed by atoms with E-state index in [1.807, 2.05) is 0 Å². The quantitative estimate of drug-likeness (QED) is 0.0263. The summed E-state index contributed by atoms with van der Waals surface area (Å²) in [4.78, 5) is 37.9. The molecule has 0 aromatic rings. The molecule has 0 fully saturated rings. The van der Waals surface area contributed by atoms with Gasteiger partial charge >= 0.3 is 17.9 Å². The largest absolute Gasteiger partial charge is 0.462 e. The number of hydrogen-bond acceptors (Lipinski definition) is 6. The van der Waals surface area contributed by atoms with E-state index in [2.05, 4.69) is 81.5 Å². The zero-order chi connectivity index (χ0) is 44.4. The first-order chi connectivity index (χ1) is 30.0. The Morgan fingerprint density at radius 2 is 0.590 bits per heavy atom. The number of esters is 3. The van der Waals surface area contributed by atoms with E-state index in [4.69, 9.17) is 14.2 Å². The van der Waals surface area contributed by atoms with Crippen LogP contribution in [-0.2, 0) is 28.6 Å². The van der Waals surface area contributed by atoms with Gasteiger partial charge < -0.3 is 14.2 Å². The number of unbranched alkanes of at least 4 members (excludes halogenated alkanes) is 25. The first kappa shape index (κ1) is 58.1. The van der Waals surface area contributed by atoms with Crippen LogP contribution in [0.5, 0.6) is 0 Å². The fourth-order valence-corrected chi connectivity index (χ4v) is 7.03. The normalized spacial score (nSPS) is 12.5. The maximum absolute atomic E-state index is 12.8. The fourth-order valence-electron chi connectivity index (χ4n) is 7.03. The van der Waals surface area contributed by atoms with Gasteiger partial charge in [0.25, 0.3) is 0 Å². The Morgan fingerprint density at radius 3 is 0.951 bits per heavy atom. The Morgan fingerprint density at radius 1 is 0.328 bits per heavy atom. The van der Waals surface area contributed by atoms with Gasteiger partial charge in [0.15, 0.2) is 6.10 Å². The fraction of sp³-hybridized carbons (Fsp3) is 0.764. The molecule has 0 saturated carbocycles. The molecule has 1 atom stereocenters. The minimum Gasteiger partial charge on any atom is -0.462 e. The highest BCUT2D eigenvalue weighted by Crippen LogP contribution is 2.13. The predicted molar refractivity (Wildman–Crippen MR) is 261 cm³/mol. The molecule has 0 saturated heterocycles. The zero-order valence-corrected chi connectivity index (χ0v) is 40.2. The van der Waals surface area contributed by atoms with Crippen LogP contribution in [0.15, 0.2) is 60.8 Å². The molecule has 0 aromatic carbocycles. The smallest absolute Gasteiger partial charge is 0.306 e. The maximum Gasteiger partial charge on any atom is 0.306 e. The van der Waals surface area contributed by atoms with E-state index < -0.39 is 6.10 Å². The summed E-state index contributed by atoms with van der Waals surface area (Å²) < 4.78 is 16.8. The molecule has 1 unspecified atom stereocenters. The second-order valence-corrected chi connectivity index (χ2v) is 17.1. The molecule has 0 radical (unpaired) electrons. The van der Waals surface area contributed by atoms with Crippen LogP contribution in [0.3, 0.4) is 0 Å². The van der Waals surface area contributed by atoms with E-state index in [-0.39, 0.29) is 31.1 Å². The molecule has 0 rings (SSSR count). The van der Waals surface area contributed by atoms with Gasteiger partial charge in [-0.2, -0.15) is 0 Å². The van der Waals surface area contributed by atoms with Crippen LogP contribution in [0.4, 0.5) is 0 Å². The van der Waals surface area contributed by atoms with Crippen LogP contribution in [0.1, 0.15) is 252 Å². The molecule has 352 valence electrons. The van der Waals surface area contributed by atoms with Crippen molar-refractivity contribution in [3.05, 3.63) is 60.8 Å². The molecular formula is C55H96O6. The third-order valence-electron chi connectivity index (χ3n) is 11.0. The van der Waals surface area contributed by atoms with Crippen LogP contribution in [0.2, 0.25) is 0 Å². The molecule has 0 amide bonds. The van der Waals surface area contributed by atoms with Gasteiger partial charge in [-0.25, -0.2) is 0 Å². The lowest BCUT2D eigenvalue weighted by atomic mass is 10.1. The van der Waals surface area contributed by atoms with Gasteiger partial charge in [0.05, 0.1) is 0 Å². The molecule has 61 heavy (non-hydrogen) atoms. The van der Waals surface area contributed by atoms with Gasteiger partial charge in [-0.15, -0.1) is 0 Å². The van der Waals surface area contributed by atoms with Gasteiger partial charge in [0.1, 0.15) is 13.2 Å². The summed E-state index contributed by atoms with van der Waals surface area (Å²) in [6.07, 6.45) is 60.5. The van der Waals surface area contributed by atoms with Gasteiger partial charge in [-0.05, 0) is 109 Å². The summed E-state index contributed by atoms with van der Waals surface area (Å²) in [5, 5.41) is 0. The summed E-state index contributed by atoms with van der Waals surface area (Å²) >= 11 is 0. The molecule has 0 spiro atoms. The van der Waals surface area contributed by atoms with Gasteiger partial charge in [0.2, 0.25) is 0 Å². The highest BCUT2D eigenvalue weighted by Gasteiger charge is 2.19. The van der Waals surface area contributed by atoms with Crippen molar-refractivity contribution in [1.82, 2.24) is 0 Å². The monoisotopic (exact) mass is 853 g/mol. The number of carbonyl (C=O) groups is 3. The summed E-state index contributed by atoms with van der Waals surface area (Å²) in [5.41, 5.74) is 0. The molecule has 0 bridgehead atoms. The Balaban J connectivity index is 4.43. The number of hydrogen-bond donors (Lipinski definition) is 0. The summed E-state index contributed by atoms with van der Waals surface area (Å²) in [7, 11) is 0. The van der Waals surface area contributed by atoms with Gasteiger partial charge in [-0.3, -0.25) is 14.4 Å². The molecule has 0 N–H and O–H groups in total. The van der Waals surface area contributed by atoms with Gasteiger partial charge in [-0.1, -0.05) is 184 Å². The molecule has 6 heteroatoms. The number of rotatable bonds is 46. The van der Waals surface area contributed by atoms with E-state index in [0.29, 0.717) is 19.3 Å². The predicted octanol–water partition coefficient (Wildman–Crippen LogP) is 16.9. The SMILES string of the molecule is CCCCC/C=C\C/C=C\CCCCCCCC(=O)OC(COC(=O)CCCCCCC/C=C\C/C=C\CCCCCC)COC(=O)CCCCCCC/C=C\CCCCC. The van der Waals surface area contributed by atoms with E-state index in [1.54, 1.807) is 0 Å². The molecule has 0 aliphatic rings. The first-order valence-corrected chi connectivity index (χ1v) is 25.8. The van der Waals surface area contributed by atoms with Crippen LogP contribution in [-0.4, -0.2) is 37.2 Å². The molecule has 0 aromatic heterocycles. The average molecular weight is 853 g/mol. The van der Waals surface area contributed by atoms with E-state index in [1.165, 1.54) is 103 Å². The Hall–Kier alpha value is -2.89. The molecular weight excluding hydrogens is 757 g/mol. The Labute approximate surface area is 377 Å². The van der Waals surface area contributed by atoms with Crippen molar-refractivity contribution in [2.75, 3.05) is 13.2 Å². The highest BCUT2D eigenvalue weighted by atomic mass is 16.6. The van der Waals surface area contributed by atoms with Crippen molar-refractivity contribution < 1.29 is 28.6 Å². The van der Waals surface area contributed by atoms with E-state index in [0.717, 1.165) is 109 Å². The van der Waals surface area contributed by atoms with Crippen molar-refractivity contribution in [3.8, 4) is 0 Å². The lowest BCUT2D eigenvalue weighted by Crippen LogP contribution is -2.30. The zero-order valence-electron chi connectivity index (χ0n) is 40.2. The first-order valence-electron chi connectivity index (χ1n) is 25.8. The van der Waals surface area contributed by atoms with Crippen molar-refractivity contribution in [1.29, 1.82) is 0 Å². The number of ether oxygens (including phenoxy) is 3. The van der Waals surface area contributed by atoms with Gasteiger partial charge in [0, 0.05) is 19.3 Å². The number of carbonyl (C=O) groups excluding carboxylic acids is 3. The average Bonchev–Trinajstić information content (AvgIpc) is 3.26. The topological polar surface area (TPSA) is 78.9 Å².